The molecular weight excluding hydrogens is 611 g/mol. The van der Waals surface area contributed by atoms with E-state index >= 15 is 0 Å². The maximum atomic E-state index is 14.4. The van der Waals surface area contributed by atoms with E-state index in [1.807, 2.05) is 19.9 Å². The number of hydrogen-bond donors (Lipinski definition) is 0. The Morgan fingerprint density at radius 1 is 1.28 bits per heavy atom. The lowest BCUT2D eigenvalue weighted by Crippen LogP contribution is -2.23. The van der Waals surface area contributed by atoms with Crippen LogP contribution in [0.3, 0.4) is 0 Å². The highest BCUT2D eigenvalue weighted by Crippen LogP contribution is 2.65. The fourth-order valence-electron chi connectivity index (χ4n) is 3.68. The SMILES string of the molecule is CC1(C)C(C(=O)OCc2ccc(F)c(Oc3ccc(Cl)cc3)c2C#N)C1C(Br)C(Cl)(Cl)Br. The largest absolute Gasteiger partial charge is 0.461 e. The first kappa shape index (κ1) is 25.6. The van der Waals surface area contributed by atoms with Crippen LogP contribution in [0.15, 0.2) is 36.4 Å². The molecule has 10 heteroatoms. The van der Waals surface area contributed by atoms with E-state index in [4.69, 9.17) is 44.3 Å². The number of alkyl halides is 4. The number of halogens is 6. The molecule has 2 aromatic carbocycles. The van der Waals surface area contributed by atoms with Crippen molar-refractivity contribution in [3.05, 3.63) is 58.4 Å². The zero-order chi connectivity index (χ0) is 23.8. The molecule has 0 spiro atoms. The van der Waals surface area contributed by atoms with Crippen molar-refractivity contribution in [1.29, 1.82) is 5.26 Å². The van der Waals surface area contributed by atoms with Crippen molar-refractivity contribution in [2.75, 3.05) is 0 Å². The lowest BCUT2D eigenvalue weighted by Gasteiger charge is -2.20. The van der Waals surface area contributed by atoms with Gasteiger partial charge in [0, 0.05) is 10.6 Å². The first-order chi connectivity index (χ1) is 14.9. The van der Waals surface area contributed by atoms with Crippen molar-refractivity contribution in [2.24, 2.45) is 17.3 Å². The third-order valence-electron chi connectivity index (χ3n) is 5.50. The van der Waals surface area contributed by atoms with Crippen LogP contribution in [-0.2, 0) is 16.1 Å². The van der Waals surface area contributed by atoms with Crippen LogP contribution >= 0.6 is 66.7 Å². The highest BCUT2D eigenvalue weighted by molar-refractivity contribution is 9.13. The molecule has 0 N–H and O–H groups in total. The second-order valence-electron chi connectivity index (χ2n) is 7.95. The van der Waals surface area contributed by atoms with Crippen molar-refractivity contribution in [3.8, 4) is 17.6 Å². The Bertz CT molecular complexity index is 1070. The van der Waals surface area contributed by atoms with Gasteiger partial charge in [0.05, 0.1) is 10.7 Å². The van der Waals surface area contributed by atoms with Gasteiger partial charge in [-0.05, 0) is 57.6 Å². The third-order valence-corrected chi connectivity index (χ3v) is 9.12. The van der Waals surface area contributed by atoms with E-state index in [0.717, 1.165) is 6.07 Å². The summed E-state index contributed by atoms with van der Waals surface area (Å²) in [4.78, 5) is 12.4. The van der Waals surface area contributed by atoms with Gasteiger partial charge in [-0.2, -0.15) is 5.26 Å². The van der Waals surface area contributed by atoms with Crippen molar-refractivity contribution >= 4 is 72.6 Å². The van der Waals surface area contributed by atoms with Crippen LogP contribution in [0, 0.1) is 34.4 Å². The van der Waals surface area contributed by atoms with Gasteiger partial charge in [-0.15, -0.1) is 0 Å². The van der Waals surface area contributed by atoms with Gasteiger partial charge in [-0.1, -0.05) is 70.6 Å². The second kappa shape index (κ2) is 9.68. The number of nitriles is 1. The molecule has 3 rings (SSSR count). The Morgan fingerprint density at radius 2 is 1.91 bits per heavy atom. The topological polar surface area (TPSA) is 59.3 Å². The molecule has 1 fully saturated rings. The molecule has 32 heavy (non-hydrogen) atoms. The van der Waals surface area contributed by atoms with Crippen LogP contribution in [0.2, 0.25) is 5.02 Å². The second-order valence-corrected chi connectivity index (χ2v) is 12.9. The van der Waals surface area contributed by atoms with Gasteiger partial charge in [-0.25, -0.2) is 4.39 Å². The summed E-state index contributed by atoms with van der Waals surface area (Å²) in [6.07, 6.45) is 0. The summed E-state index contributed by atoms with van der Waals surface area (Å²) in [5, 5.41) is 10.1. The minimum absolute atomic E-state index is 0.0567. The van der Waals surface area contributed by atoms with Gasteiger partial charge in [0.25, 0.3) is 0 Å². The minimum atomic E-state index is -1.25. The number of esters is 1. The summed E-state index contributed by atoms with van der Waals surface area (Å²) in [6, 6.07) is 10.8. The molecule has 2 aromatic rings. The summed E-state index contributed by atoms with van der Waals surface area (Å²) >= 11 is 24.8. The van der Waals surface area contributed by atoms with Crippen molar-refractivity contribution in [2.45, 2.75) is 28.5 Å². The Labute approximate surface area is 217 Å². The number of benzene rings is 2. The monoisotopic (exact) mass is 625 g/mol. The fraction of sp³-hybridized carbons (Fsp3) is 0.364. The molecule has 1 aliphatic carbocycles. The first-order valence-electron chi connectivity index (χ1n) is 9.40. The molecule has 0 bridgehead atoms. The smallest absolute Gasteiger partial charge is 0.310 e. The Morgan fingerprint density at radius 3 is 2.47 bits per heavy atom. The molecule has 3 unspecified atom stereocenters. The molecule has 3 atom stereocenters. The number of carbonyl (C=O) groups excluding carboxylic acids is 1. The molecule has 0 aromatic heterocycles. The van der Waals surface area contributed by atoms with E-state index in [1.54, 1.807) is 24.3 Å². The lowest BCUT2D eigenvalue weighted by atomic mass is 10.1. The van der Waals surface area contributed by atoms with E-state index in [1.165, 1.54) is 6.07 Å². The van der Waals surface area contributed by atoms with Crippen LogP contribution in [0.25, 0.3) is 0 Å². The summed E-state index contributed by atoms with van der Waals surface area (Å²) in [6.45, 7) is 3.62. The van der Waals surface area contributed by atoms with Gasteiger partial charge in [0.2, 0.25) is 0 Å². The van der Waals surface area contributed by atoms with Crippen LogP contribution in [0.1, 0.15) is 25.0 Å². The number of carbonyl (C=O) groups is 1. The van der Waals surface area contributed by atoms with Crippen molar-refractivity contribution in [3.63, 3.8) is 0 Å². The Kier molecular flexibility index (Phi) is 7.73. The fourth-order valence-corrected chi connectivity index (χ4v) is 5.35. The first-order valence-corrected chi connectivity index (χ1v) is 12.2. The molecule has 0 amide bonds. The summed E-state index contributed by atoms with van der Waals surface area (Å²) in [5.41, 5.74) is -0.127. The molecule has 1 saturated carbocycles. The summed E-state index contributed by atoms with van der Waals surface area (Å²) in [5.74, 6) is -1.72. The summed E-state index contributed by atoms with van der Waals surface area (Å²) < 4.78 is 24.2. The third kappa shape index (κ3) is 5.37. The number of nitrogens with zero attached hydrogens (tertiary/aromatic N) is 1. The molecule has 0 radical (unpaired) electrons. The molecule has 0 saturated heterocycles. The average Bonchev–Trinajstić information content (AvgIpc) is 3.30. The highest BCUT2D eigenvalue weighted by atomic mass is 79.9. The van der Waals surface area contributed by atoms with Crippen LogP contribution < -0.4 is 4.74 Å². The molecule has 1 aliphatic rings. The molecule has 170 valence electrons. The predicted molar refractivity (Wildman–Crippen MR) is 129 cm³/mol. The zero-order valence-corrected chi connectivity index (χ0v) is 22.3. The van der Waals surface area contributed by atoms with E-state index < -0.39 is 31.2 Å². The Balaban J connectivity index is 1.76. The van der Waals surface area contributed by atoms with Crippen molar-refractivity contribution < 1.29 is 18.7 Å². The lowest BCUT2D eigenvalue weighted by molar-refractivity contribution is -0.147. The van der Waals surface area contributed by atoms with E-state index in [0.29, 0.717) is 16.3 Å². The molecular formula is C22H17Br2Cl3FNO3. The van der Waals surface area contributed by atoms with Gasteiger partial charge in [0.1, 0.15) is 24.0 Å². The van der Waals surface area contributed by atoms with Gasteiger partial charge < -0.3 is 9.47 Å². The van der Waals surface area contributed by atoms with Crippen LogP contribution in [0.4, 0.5) is 4.39 Å². The number of rotatable bonds is 7. The molecule has 0 aliphatic heterocycles. The van der Waals surface area contributed by atoms with Crippen molar-refractivity contribution in [1.82, 2.24) is 0 Å². The zero-order valence-electron chi connectivity index (χ0n) is 16.8. The quantitative estimate of drug-likeness (QED) is 0.233. The van der Waals surface area contributed by atoms with Gasteiger partial charge in [-0.3, -0.25) is 4.79 Å². The van der Waals surface area contributed by atoms with Crippen LogP contribution in [-0.4, -0.2) is 14.0 Å². The number of ether oxygens (including phenoxy) is 2. The standard InChI is InChI=1S/C22H17Br2Cl3FNO3/c1-21(2)16(19(23)22(24,26)27)17(21)20(30)31-10-11-3-8-15(28)18(14(11)9-29)32-13-6-4-12(25)5-7-13/h3-8,16-17,19H,10H2,1-2H3. The molecule has 4 nitrogen and oxygen atoms in total. The van der Waals surface area contributed by atoms with E-state index in [9.17, 15) is 14.4 Å². The van der Waals surface area contributed by atoms with E-state index in [-0.39, 0.29) is 23.8 Å². The number of hydrogen-bond acceptors (Lipinski definition) is 4. The average molecular weight is 629 g/mol. The highest BCUT2D eigenvalue weighted by Gasteiger charge is 2.67. The normalized spacial score (nSPS) is 20.2. The Hall–Kier alpha value is -1.04. The van der Waals surface area contributed by atoms with Crippen LogP contribution in [0.5, 0.6) is 11.5 Å². The predicted octanol–water partition coefficient (Wildman–Crippen LogP) is 7.75. The summed E-state index contributed by atoms with van der Waals surface area (Å²) in [7, 11) is 0. The maximum absolute atomic E-state index is 14.4. The maximum Gasteiger partial charge on any atom is 0.310 e. The van der Waals surface area contributed by atoms with Gasteiger partial charge >= 0.3 is 5.97 Å². The van der Waals surface area contributed by atoms with Gasteiger partial charge in [0.15, 0.2) is 14.8 Å². The molecule has 0 heterocycles. The van der Waals surface area contributed by atoms with E-state index in [2.05, 4.69) is 31.9 Å². The minimum Gasteiger partial charge on any atom is -0.461 e.